The summed E-state index contributed by atoms with van der Waals surface area (Å²) in [7, 11) is 0. The first-order chi connectivity index (χ1) is 9.32. The average Bonchev–Trinajstić information content (AvgIpc) is 2.89. The minimum absolute atomic E-state index is 0.0631. The van der Waals surface area contributed by atoms with E-state index in [0.29, 0.717) is 11.7 Å². The summed E-state index contributed by atoms with van der Waals surface area (Å²) < 4.78 is 5.19. The van der Waals surface area contributed by atoms with Crippen LogP contribution in [0, 0.1) is 0 Å². The molecule has 0 atom stereocenters. The summed E-state index contributed by atoms with van der Waals surface area (Å²) >= 11 is 0. The monoisotopic (exact) mass is 273 g/mol. The van der Waals surface area contributed by atoms with E-state index in [9.17, 15) is 4.79 Å². The van der Waals surface area contributed by atoms with E-state index in [1.54, 1.807) is 0 Å². The summed E-state index contributed by atoms with van der Waals surface area (Å²) in [5.74, 6) is -0.0470. The van der Waals surface area contributed by atoms with Gasteiger partial charge in [0.2, 0.25) is 0 Å². The van der Waals surface area contributed by atoms with E-state index in [0.717, 1.165) is 5.56 Å². The van der Waals surface area contributed by atoms with Gasteiger partial charge in [0.15, 0.2) is 5.69 Å². The molecule has 1 aromatic carbocycles. The maximum atomic E-state index is 10.9. The Morgan fingerprint density at radius 3 is 2.30 bits per heavy atom. The molecule has 20 heavy (non-hydrogen) atoms. The Labute approximate surface area is 118 Å². The lowest BCUT2D eigenvalue weighted by atomic mass is 9.81. The first-order valence-corrected chi connectivity index (χ1v) is 6.63. The third kappa shape index (κ3) is 2.59. The van der Waals surface area contributed by atoms with Gasteiger partial charge in [-0.2, -0.15) is 0 Å². The molecule has 1 aromatic heterocycles. The first kappa shape index (κ1) is 14.3. The van der Waals surface area contributed by atoms with Gasteiger partial charge in [0.05, 0.1) is 5.41 Å². The van der Waals surface area contributed by atoms with Crippen molar-refractivity contribution in [2.45, 2.75) is 39.0 Å². The van der Waals surface area contributed by atoms with Gasteiger partial charge in [-0.15, -0.1) is 0 Å². The van der Waals surface area contributed by atoms with Gasteiger partial charge in [0.25, 0.3) is 0 Å². The Kier molecular flexibility index (Phi) is 3.66. The Bertz CT molecular complexity index is 609. The van der Waals surface area contributed by atoms with Crippen molar-refractivity contribution in [3.63, 3.8) is 0 Å². The SMILES string of the molecule is CC(C)c1ccc(C(C)(C)c2cc(C(=O)O)no2)cc1. The maximum absolute atomic E-state index is 10.9. The predicted molar refractivity (Wildman–Crippen MR) is 76.1 cm³/mol. The zero-order chi connectivity index (χ0) is 14.9. The zero-order valence-corrected chi connectivity index (χ0v) is 12.2. The lowest BCUT2D eigenvalue weighted by Gasteiger charge is -2.22. The first-order valence-electron chi connectivity index (χ1n) is 6.63. The molecule has 2 aromatic rings. The highest BCUT2D eigenvalue weighted by atomic mass is 16.5. The molecule has 0 saturated carbocycles. The summed E-state index contributed by atoms with van der Waals surface area (Å²) in [5, 5.41) is 12.5. The van der Waals surface area contributed by atoms with Crippen molar-refractivity contribution in [1.29, 1.82) is 0 Å². The Morgan fingerprint density at radius 2 is 1.85 bits per heavy atom. The molecule has 0 spiro atoms. The Morgan fingerprint density at radius 1 is 1.25 bits per heavy atom. The van der Waals surface area contributed by atoms with Crippen LogP contribution in [0.15, 0.2) is 34.9 Å². The van der Waals surface area contributed by atoms with Crippen LogP contribution in [0.25, 0.3) is 0 Å². The molecule has 0 bridgehead atoms. The molecule has 0 radical (unpaired) electrons. The van der Waals surface area contributed by atoms with E-state index in [1.807, 2.05) is 13.8 Å². The van der Waals surface area contributed by atoms with Crippen LogP contribution in [0.5, 0.6) is 0 Å². The van der Waals surface area contributed by atoms with E-state index in [1.165, 1.54) is 11.6 Å². The Balaban J connectivity index is 2.35. The van der Waals surface area contributed by atoms with E-state index < -0.39 is 11.4 Å². The normalized spacial score (nSPS) is 11.8. The molecule has 0 aliphatic heterocycles. The van der Waals surface area contributed by atoms with E-state index in [-0.39, 0.29) is 5.69 Å². The molecule has 0 amide bonds. The third-order valence-corrected chi connectivity index (χ3v) is 3.64. The molecule has 1 heterocycles. The lowest BCUT2D eigenvalue weighted by Crippen LogP contribution is -2.18. The van der Waals surface area contributed by atoms with Gasteiger partial charge in [0, 0.05) is 6.07 Å². The van der Waals surface area contributed by atoms with Crippen LogP contribution in [0.2, 0.25) is 0 Å². The fraction of sp³-hybridized carbons (Fsp3) is 0.375. The maximum Gasteiger partial charge on any atom is 0.358 e. The topological polar surface area (TPSA) is 63.3 Å². The van der Waals surface area contributed by atoms with Crippen LogP contribution in [-0.4, -0.2) is 16.2 Å². The van der Waals surface area contributed by atoms with Crippen molar-refractivity contribution in [2.75, 3.05) is 0 Å². The molecule has 0 saturated heterocycles. The smallest absolute Gasteiger partial charge is 0.358 e. The number of rotatable bonds is 4. The Hall–Kier alpha value is -2.10. The van der Waals surface area contributed by atoms with E-state index >= 15 is 0 Å². The molecular weight excluding hydrogens is 254 g/mol. The van der Waals surface area contributed by atoms with Gasteiger partial charge in [0.1, 0.15) is 5.76 Å². The predicted octanol–water partition coefficient (Wildman–Crippen LogP) is 3.82. The van der Waals surface area contributed by atoms with Crippen LogP contribution >= 0.6 is 0 Å². The summed E-state index contributed by atoms with van der Waals surface area (Å²) in [6.07, 6.45) is 0. The second kappa shape index (κ2) is 5.12. The molecule has 106 valence electrons. The molecule has 0 aliphatic rings. The summed E-state index contributed by atoms with van der Waals surface area (Å²) in [4.78, 5) is 10.9. The summed E-state index contributed by atoms with van der Waals surface area (Å²) in [5.41, 5.74) is 1.85. The number of carboxylic acid groups (broad SMARTS) is 1. The number of benzene rings is 1. The minimum atomic E-state index is -1.08. The van der Waals surface area contributed by atoms with Crippen molar-refractivity contribution >= 4 is 5.97 Å². The average molecular weight is 273 g/mol. The fourth-order valence-electron chi connectivity index (χ4n) is 2.10. The number of carboxylic acids is 1. The van der Waals surface area contributed by atoms with Crippen LogP contribution in [-0.2, 0) is 5.41 Å². The van der Waals surface area contributed by atoms with Crippen LogP contribution in [0.4, 0.5) is 0 Å². The molecular formula is C16H19NO3. The van der Waals surface area contributed by atoms with E-state index in [4.69, 9.17) is 9.63 Å². The molecule has 4 heteroatoms. The van der Waals surface area contributed by atoms with Gasteiger partial charge in [-0.05, 0) is 30.9 Å². The lowest BCUT2D eigenvalue weighted by molar-refractivity contribution is 0.0685. The highest BCUT2D eigenvalue weighted by molar-refractivity contribution is 5.85. The summed E-state index contributed by atoms with van der Waals surface area (Å²) in [6, 6.07) is 9.78. The number of carbonyl (C=O) groups is 1. The highest BCUT2D eigenvalue weighted by Crippen LogP contribution is 2.32. The van der Waals surface area contributed by atoms with Crippen molar-refractivity contribution in [2.24, 2.45) is 0 Å². The van der Waals surface area contributed by atoms with Gasteiger partial charge >= 0.3 is 5.97 Å². The molecule has 0 fully saturated rings. The quantitative estimate of drug-likeness (QED) is 0.919. The van der Waals surface area contributed by atoms with E-state index in [2.05, 4.69) is 43.3 Å². The van der Waals surface area contributed by atoms with Crippen LogP contribution in [0.1, 0.15) is 61.0 Å². The van der Waals surface area contributed by atoms with Crippen molar-refractivity contribution in [1.82, 2.24) is 5.16 Å². The minimum Gasteiger partial charge on any atom is -0.476 e. The standard InChI is InChI=1S/C16H19NO3/c1-10(2)11-5-7-12(8-6-11)16(3,4)14-9-13(15(18)19)17-20-14/h5-10H,1-4H3,(H,18,19). The summed E-state index contributed by atoms with van der Waals surface area (Å²) in [6.45, 7) is 8.28. The fourth-order valence-corrected chi connectivity index (χ4v) is 2.10. The van der Waals surface area contributed by atoms with Crippen LogP contribution in [0.3, 0.4) is 0 Å². The largest absolute Gasteiger partial charge is 0.476 e. The number of hydrogen-bond donors (Lipinski definition) is 1. The molecule has 1 N–H and O–H groups in total. The number of aromatic nitrogens is 1. The van der Waals surface area contributed by atoms with Gasteiger partial charge in [-0.25, -0.2) is 4.79 Å². The number of aromatic carboxylic acids is 1. The molecule has 2 rings (SSSR count). The number of hydrogen-bond acceptors (Lipinski definition) is 3. The van der Waals surface area contributed by atoms with Gasteiger partial charge in [-0.3, -0.25) is 0 Å². The van der Waals surface area contributed by atoms with Crippen molar-refractivity contribution < 1.29 is 14.4 Å². The zero-order valence-electron chi connectivity index (χ0n) is 12.2. The van der Waals surface area contributed by atoms with Gasteiger partial charge in [-0.1, -0.05) is 43.3 Å². The van der Waals surface area contributed by atoms with Gasteiger partial charge < -0.3 is 9.63 Å². The second-order valence-corrected chi connectivity index (χ2v) is 5.78. The van der Waals surface area contributed by atoms with Crippen LogP contribution < -0.4 is 0 Å². The molecule has 0 unspecified atom stereocenters. The highest BCUT2D eigenvalue weighted by Gasteiger charge is 2.29. The van der Waals surface area contributed by atoms with Crippen molar-refractivity contribution in [3.8, 4) is 0 Å². The number of nitrogens with zero attached hydrogens (tertiary/aromatic N) is 1. The second-order valence-electron chi connectivity index (χ2n) is 5.78. The van der Waals surface area contributed by atoms with Crippen molar-refractivity contribution in [3.05, 3.63) is 52.9 Å². The molecule has 4 nitrogen and oxygen atoms in total. The molecule has 0 aliphatic carbocycles. The third-order valence-electron chi connectivity index (χ3n) is 3.64.